The predicted molar refractivity (Wildman–Crippen MR) is 101 cm³/mol. The van der Waals surface area contributed by atoms with Crippen molar-refractivity contribution in [3.63, 3.8) is 0 Å². The molecule has 1 aromatic rings. The number of benzene rings is 1. The fourth-order valence-electron chi connectivity index (χ4n) is 3.99. The lowest BCUT2D eigenvalue weighted by molar-refractivity contribution is -0.149. The molecular formula is C19H26N2O5S. The minimum absolute atomic E-state index is 0.0239. The number of piperidine rings is 1. The Labute approximate surface area is 160 Å². The van der Waals surface area contributed by atoms with Gasteiger partial charge in [0.15, 0.2) is 0 Å². The van der Waals surface area contributed by atoms with Crippen molar-refractivity contribution >= 4 is 27.6 Å². The summed E-state index contributed by atoms with van der Waals surface area (Å²) in [6.45, 7) is 6.18. The number of rotatable bonds is 4. The summed E-state index contributed by atoms with van der Waals surface area (Å²) in [6.07, 6.45) is 1.58. The van der Waals surface area contributed by atoms with Crippen molar-refractivity contribution in [1.29, 1.82) is 0 Å². The number of esters is 1. The van der Waals surface area contributed by atoms with E-state index >= 15 is 0 Å². The second-order valence-electron chi connectivity index (χ2n) is 7.16. The van der Waals surface area contributed by atoms with Crippen LogP contribution in [0.25, 0.3) is 0 Å². The van der Waals surface area contributed by atoms with Gasteiger partial charge < -0.3 is 9.64 Å². The van der Waals surface area contributed by atoms with Crippen molar-refractivity contribution < 1.29 is 22.7 Å². The topological polar surface area (TPSA) is 84.0 Å². The van der Waals surface area contributed by atoms with E-state index in [1.807, 2.05) is 6.92 Å². The van der Waals surface area contributed by atoms with Gasteiger partial charge in [0.1, 0.15) is 0 Å². The molecular weight excluding hydrogens is 368 g/mol. The van der Waals surface area contributed by atoms with Gasteiger partial charge in [-0.2, -0.15) is 4.31 Å². The lowest BCUT2D eigenvalue weighted by Crippen LogP contribution is -2.40. The Morgan fingerprint density at radius 3 is 2.48 bits per heavy atom. The highest BCUT2D eigenvalue weighted by molar-refractivity contribution is 7.89. The van der Waals surface area contributed by atoms with Crippen molar-refractivity contribution in [2.75, 3.05) is 24.6 Å². The maximum absolute atomic E-state index is 13.0. The molecule has 3 rings (SSSR count). The normalized spacial score (nSPS) is 21.1. The number of carbonyl (C=O) groups excluding carboxylic acids is 2. The lowest BCUT2D eigenvalue weighted by atomic mass is 9.98. The standard InChI is InChI=1S/C19H26N2O5S/c1-4-26-19(23)15-7-9-20(10-8-15)27(24,25)17-5-6-18-16(12-17)11-13(2)21(18)14(3)22/h5-6,12-13,15H,4,7-11H2,1-3H3. The second kappa shape index (κ2) is 7.59. The third kappa shape index (κ3) is 3.73. The third-order valence-corrected chi connectivity index (χ3v) is 7.21. The van der Waals surface area contributed by atoms with Gasteiger partial charge in [-0.05, 0) is 56.9 Å². The molecule has 2 aliphatic rings. The first-order valence-corrected chi connectivity index (χ1v) is 10.8. The molecule has 0 radical (unpaired) electrons. The van der Waals surface area contributed by atoms with Crippen LogP contribution in [0.5, 0.6) is 0 Å². The smallest absolute Gasteiger partial charge is 0.309 e. The van der Waals surface area contributed by atoms with Crippen LogP contribution in [0.15, 0.2) is 23.1 Å². The van der Waals surface area contributed by atoms with Gasteiger partial charge in [0.05, 0.1) is 17.4 Å². The summed E-state index contributed by atoms with van der Waals surface area (Å²) in [5.41, 5.74) is 1.66. The van der Waals surface area contributed by atoms with E-state index in [1.165, 1.54) is 11.2 Å². The van der Waals surface area contributed by atoms with Crippen LogP contribution >= 0.6 is 0 Å². The van der Waals surface area contributed by atoms with Crippen molar-refractivity contribution in [2.45, 2.75) is 51.0 Å². The van der Waals surface area contributed by atoms with Crippen LogP contribution in [0.1, 0.15) is 39.2 Å². The van der Waals surface area contributed by atoms with Gasteiger partial charge in [0.25, 0.3) is 0 Å². The number of anilines is 1. The Kier molecular flexibility index (Phi) is 5.58. The van der Waals surface area contributed by atoms with E-state index in [-0.39, 0.29) is 28.7 Å². The van der Waals surface area contributed by atoms with E-state index in [4.69, 9.17) is 4.74 Å². The zero-order valence-corrected chi connectivity index (χ0v) is 16.8. The summed E-state index contributed by atoms with van der Waals surface area (Å²) in [7, 11) is -3.62. The number of sulfonamides is 1. The summed E-state index contributed by atoms with van der Waals surface area (Å²) in [6, 6.07) is 5.00. The van der Waals surface area contributed by atoms with E-state index in [9.17, 15) is 18.0 Å². The Hall–Kier alpha value is -1.93. The largest absolute Gasteiger partial charge is 0.466 e. The molecule has 0 saturated carbocycles. The predicted octanol–water partition coefficient (Wildman–Crippen LogP) is 1.95. The number of carbonyl (C=O) groups is 2. The molecule has 0 aliphatic carbocycles. The first-order chi connectivity index (χ1) is 12.8. The molecule has 0 spiro atoms. The molecule has 0 bridgehead atoms. The molecule has 1 atom stereocenters. The van der Waals surface area contributed by atoms with Crippen LogP contribution in [0, 0.1) is 5.92 Å². The van der Waals surface area contributed by atoms with Crippen LogP contribution < -0.4 is 4.90 Å². The van der Waals surface area contributed by atoms with Crippen LogP contribution in [-0.4, -0.2) is 50.3 Å². The van der Waals surface area contributed by atoms with Crippen LogP contribution in [-0.2, 0) is 30.8 Å². The fourth-order valence-corrected chi connectivity index (χ4v) is 5.51. The molecule has 2 heterocycles. The van der Waals surface area contributed by atoms with E-state index < -0.39 is 10.0 Å². The highest BCUT2D eigenvalue weighted by atomic mass is 32.2. The molecule has 0 aromatic heterocycles. The number of hydrogen-bond acceptors (Lipinski definition) is 5. The molecule has 7 nitrogen and oxygen atoms in total. The van der Waals surface area contributed by atoms with Crippen molar-refractivity contribution in [1.82, 2.24) is 4.31 Å². The van der Waals surface area contributed by atoms with Gasteiger partial charge >= 0.3 is 5.97 Å². The van der Waals surface area contributed by atoms with Gasteiger partial charge in [-0.25, -0.2) is 8.42 Å². The zero-order valence-electron chi connectivity index (χ0n) is 16.0. The monoisotopic (exact) mass is 394 g/mol. The molecule has 1 unspecified atom stereocenters. The minimum Gasteiger partial charge on any atom is -0.466 e. The Morgan fingerprint density at radius 1 is 1.22 bits per heavy atom. The van der Waals surface area contributed by atoms with E-state index in [0.717, 1.165) is 11.3 Å². The molecule has 0 N–H and O–H groups in total. The zero-order chi connectivity index (χ0) is 19.8. The number of amides is 1. The first-order valence-electron chi connectivity index (χ1n) is 9.35. The first kappa shape index (κ1) is 19.8. The van der Waals surface area contributed by atoms with Gasteiger partial charge in [0, 0.05) is 31.7 Å². The van der Waals surface area contributed by atoms with Crippen molar-refractivity contribution in [3.05, 3.63) is 23.8 Å². The molecule has 1 fully saturated rings. The SMILES string of the molecule is CCOC(=O)C1CCN(S(=O)(=O)c2ccc3c(c2)CC(C)N3C(C)=O)CC1. The van der Waals surface area contributed by atoms with E-state index in [0.29, 0.717) is 39.0 Å². The van der Waals surface area contributed by atoms with Crippen molar-refractivity contribution in [2.24, 2.45) is 5.92 Å². The quantitative estimate of drug-likeness (QED) is 0.729. The van der Waals surface area contributed by atoms with Gasteiger partial charge in [-0.3, -0.25) is 9.59 Å². The maximum Gasteiger partial charge on any atom is 0.309 e. The fraction of sp³-hybridized carbons (Fsp3) is 0.579. The minimum atomic E-state index is -3.62. The summed E-state index contributed by atoms with van der Waals surface area (Å²) >= 11 is 0. The third-order valence-electron chi connectivity index (χ3n) is 5.32. The number of nitrogens with zero attached hydrogens (tertiary/aromatic N) is 2. The molecule has 1 amide bonds. The number of fused-ring (bicyclic) bond motifs is 1. The summed E-state index contributed by atoms with van der Waals surface area (Å²) in [5.74, 6) is -0.523. The number of ether oxygens (including phenoxy) is 1. The molecule has 8 heteroatoms. The molecule has 27 heavy (non-hydrogen) atoms. The molecule has 1 saturated heterocycles. The van der Waals surface area contributed by atoms with Crippen LogP contribution in [0.2, 0.25) is 0 Å². The summed E-state index contributed by atoms with van der Waals surface area (Å²) in [5, 5.41) is 0. The molecule has 148 valence electrons. The highest BCUT2D eigenvalue weighted by Crippen LogP contribution is 2.35. The highest BCUT2D eigenvalue weighted by Gasteiger charge is 2.35. The van der Waals surface area contributed by atoms with Gasteiger partial charge in [-0.1, -0.05) is 0 Å². The number of hydrogen-bond donors (Lipinski definition) is 0. The average molecular weight is 394 g/mol. The van der Waals surface area contributed by atoms with E-state index in [1.54, 1.807) is 30.0 Å². The van der Waals surface area contributed by atoms with Gasteiger partial charge in [-0.15, -0.1) is 0 Å². The van der Waals surface area contributed by atoms with E-state index in [2.05, 4.69) is 0 Å². The summed E-state index contributed by atoms with van der Waals surface area (Å²) < 4.78 is 32.5. The molecule has 2 aliphatic heterocycles. The lowest BCUT2D eigenvalue weighted by Gasteiger charge is -2.30. The van der Waals surface area contributed by atoms with Crippen molar-refractivity contribution in [3.8, 4) is 0 Å². The second-order valence-corrected chi connectivity index (χ2v) is 9.10. The Morgan fingerprint density at radius 2 is 1.89 bits per heavy atom. The maximum atomic E-state index is 13.0. The average Bonchev–Trinajstić information content (AvgIpc) is 2.97. The van der Waals surface area contributed by atoms with Crippen LogP contribution in [0.3, 0.4) is 0 Å². The van der Waals surface area contributed by atoms with Crippen LogP contribution in [0.4, 0.5) is 5.69 Å². The summed E-state index contributed by atoms with van der Waals surface area (Å²) in [4.78, 5) is 25.6. The van der Waals surface area contributed by atoms with Gasteiger partial charge in [0.2, 0.25) is 15.9 Å². The molecule has 1 aromatic carbocycles. The Bertz CT molecular complexity index is 844. The Balaban J connectivity index is 1.76.